The normalized spacial score (nSPS) is 22.2. The molecule has 0 aromatic carbocycles. The highest BCUT2D eigenvalue weighted by molar-refractivity contribution is 5.33. The van der Waals surface area contributed by atoms with Gasteiger partial charge in [0.25, 0.3) is 0 Å². The van der Waals surface area contributed by atoms with E-state index >= 15 is 0 Å². The number of pyridine rings is 1. The molecule has 0 amide bonds. The fourth-order valence-electron chi connectivity index (χ4n) is 3.42. The van der Waals surface area contributed by atoms with Gasteiger partial charge in [-0.2, -0.15) is 0 Å². The average molecular weight is 275 g/mol. The van der Waals surface area contributed by atoms with Gasteiger partial charge in [-0.15, -0.1) is 0 Å². The van der Waals surface area contributed by atoms with E-state index in [0.29, 0.717) is 0 Å². The van der Waals surface area contributed by atoms with Crippen LogP contribution in [-0.4, -0.2) is 47.0 Å². The molecule has 1 saturated heterocycles. The lowest BCUT2D eigenvalue weighted by Crippen LogP contribution is -2.49. The van der Waals surface area contributed by atoms with Gasteiger partial charge in [-0.1, -0.05) is 18.9 Å². The number of piperazine rings is 1. The van der Waals surface area contributed by atoms with Gasteiger partial charge >= 0.3 is 0 Å². The largest absolute Gasteiger partial charge is 0.308 e. The van der Waals surface area contributed by atoms with Gasteiger partial charge < -0.3 is 5.43 Å². The zero-order valence-corrected chi connectivity index (χ0v) is 12.1. The molecule has 2 aliphatic rings. The van der Waals surface area contributed by atoms with Gasteiger partial charge in [0.2, 0.25) is 0 Å². The van der Waals surface area contributed by atoms with Crippen LogP contribution in [0.25, 0.3) is 0 Å². The summed E-state index contributed by atoms with van der Waals surface area (Å²) in [7, 11) is 0. The molecule has 1 aromatic heterocycles. The average Bonchev–Trinajstić information content (AvgIpc) is 3.03. The van der Waals surface area contributed by atoms with Crippen molar-refractivity contribution in [3.8, 4) is 0 Å². The molecular formula is C15H25N5. The van der Waals surface area contributed by atoms with Crippen molar-refractivity contribution in [2.45, 2.75) is 38.3 Å². The SMILES string of the molecule is NNc1ccc(CN2CCN(C3CCCC3)CC2)cn1. The zero-order chi connectivity index (χ0) is 13.8. The Morgan fingerprint density at radius 3 is 2.50 bits per heavy atom. The van der Waals surface area contributed by atoms with Crippen molar-refractivity contribution >= 4 is 5.82 Å². The molecule has 3 N–H and O–H groups in total. The predicted molar refractivity (Wildman–Crippen MR) is 81.2 cm³/mol. The van der Waals surface area contributed by atoms with Crippen LogP contribution in [0.2, 0.25) is 0 Å². The van der Waals surface area contributed by atoms with E-state index in [1.807, 2.05) is 12.3 Å². The fourth-order valence-corrected chi connectivity index (χ4v) is 3.42. The first kappa shape index (κ1) is 13.8. The van der Waals surface area contributed by atoms with Gasteiger partial charge in [-0.25, -0.2) is 10.8 Å². The first-order valence-corrected chi connectivity index (χ1v) is 7.73. The van der Waals surface area contributed by atoms with E-state index in [4.69, 9.17) is 5.84 Å². The highest BCUT2D eigenvalue weighted by atomic mass is 15.3. The maximum atomic E-state index is 5.33. The van der Waals surface area contributed by atoms with Crippen LogP contribution in [0, 0.1) is 0 Å². The number of hydrazine groups is 1. The molecule has 2 heterocycles. The van der Waals surface area contributed by atoms with E-state index in [-0.39, 0.29) is 0 Å². The molecule has 1 saturated carbocycles. The minimum Gasteiger partial charge on any atom is -0.308 e. The van der Waals surface area contributed by atoms with Crippen LogP contribution in [0.5, 0.6) is 0 Å². The molecule has 1 aromatic rings. The molecule has 20 heavy (non-hydrogen) atoms. The summed E-state index contributed by atoms with van der Waals surface area (Å²) in [5, 5.41) is 0. The molecular weight excluding hydrogens is 250 g/mol. The number of nitrogens with zero attached hydrogens (tertiary/aromatic N) is 3. The number of nitrogens with one attached hydrogen (secondary N) is 1. The van der Waals surface area contributed by atoms with Gasteiger partial charge in [0.05, 0.1) is 0 Å². The maximum absolute atomic E-state index is 5.33. The second-order valence-electron chi connectivity index (χ2n) is 5.95. The summed E-state index contributed by atoms with van der Waals surface area (Å²) in [6.07, 6.45) is 7.60. The van der Waals surface area contributed by atoms with Crippen LogP contribution < -0.4 is 11.3 Å². The molecule has 5 heteroatoms. The second kappa shape index (κ2) is 6.52. The molecule has 2 fully saturated rings. The van der Waals surface area contributed by atoms with Crippen LogP contribution in [0.3, 0.4) is 0 Å². The Kier molecular flexibility index (Phi) is 4.50. The Balaban J connectivity index is 1.47. The van der Waals surface area contributed by atoms with Gasteiger partial charge in [0.1, 0.15) is 5.82 Å². The van der Waals surface area contributed by atoms with E-state index in [0.717, 1.165) is 18.4 Å². The van der Waals surface area contributed by atoms with Gasteiger partial charge in [0.15, 0.2) is 0 Å². The molecule has 110 valence electrons. The smallest absolute Gasteiger partial charge is 0.139 e. The quantitative estimate of drug-likeness (QED) is 0.643. The van der Waals surface area contributed by atoms with Crippen LogP contribution in [0.15, 0.2) is 18.3 Å². The highest BCUT2D eigenvalue weighted by Crippen LogP contribution is 2.24. The first-order chi connectivity index (χ1) is 9.85. The summed E-state index contributed by atoms with van der Waals surface area (Å²) in [4.78, 5) is 9.49. The maximum Gasteiger partial charge on any atom is 0.139 e. The van der Waals surface area contributed by atoms with E-state index in [1.165, 1.54) is 57.4 Å². The fraction of sp³-hybridized carbons (Fsp3) is 0.667. The second-order valence-corrected chi connectivity index (χ2v) is 5.95. The lowest BCUT2D eigenvalue weighted by Gasteiger charge is -2.38. The minimum absolute atomic E-state index is 0.722. The highest BCUT2D eigenvalue weighted by Gasteiger charge is 2.25. The molecule has 0 unspecified atom stereocenters. The molecule has 1 aliphatic carbocycles. The Labute approximate surface area is 121 Å². The lowest BCUT2D eigenvalue weighted by atomic mass is 10.1. The van der Waals surface area contributed by atoms with Crippen LogP contribution in [-0.2, 0) is 6.54 Å². The lowest BCUT2D eigenvalue weighted by molar-refractivity contribution is 0.0936. The van der Waals surface area contributed by atoms with Crippen molar-refractivity contribution in [1.82, 2.24) is 14.8 Å². The minimum atomic E-state index is 0.722. The van der Waals surface area contributed by atoms with Gasteiger partial charge in [-0.3, -0.25) is 9.80 Å². The molecule has 0 bridgehead atoms. The number of nitrogen functional groups attached to an aromatic ring is 1. The summed E-state index contributed by atoms with van der Waals surface area (Å²) in [6.45, 7) is 5.79. The number of rotatable bonds is 4. The predicted octanol–water partition coefficient (Wildman–Crippen LogP) is 1.43. The molecule has 0 spiro atoms. The third kappa shape index (κ3) is 3.29. The zero-order valence-electron chi connectivity index (χ0n) is 12.1. The third-order valence-electron chi connectivity index (χ3n) is 4.63. The van der Waals surface area contributed by atoms with Crippen LogP contribution in [0.4, 0.5) is 5.82 Å². The summed E-state index contributed by atoms with van der Waals surface area (Å²) in [5.41, 5.74) is 3.83. The Bertz CT molecular complexity index is 405. The van der Waals surface area contributed by atoms with E-state index in [1.54, 1.807) is 0 Å². The van der Waals surface area contributed by atoms with E-state index < -0.39 is 0 Å². The summed E-state index contributed by atoms with van der Waals surface area (Å²) >= 11 is 0. The Morgan fingerprint density at radius 2 is 1.90 bits per heavy atom. The monoisotopic (exact) mass is 275 g/mol. The van der Waals surface area contributed by atoms with Gasteiger partial charge in [-0.05, 0) is 24.5 Å². The van der Waals surface area contributed by atoms with Crippen molar-refractivity contribution in [1.29, 1.82) is 0 Å². The number of hydrogen-bond acceptors (Lipinski definition) is 5. The summed E-state index contributed by atoms with van der Waals surface area (Å²) in [5.74, 6) is 6.05. The Morgan fingerprint density at radius 1 is 1.15 bits per heavy atom. The molecule has 0 atom stereocenters. The van der Waals surface area contributed by atoms with Gasteiger partial charge in [0, 0.05) is 45.0 Å². The number of nitrogens with two attached hydrogens (primary N) is 1. The molecule has 0 radical (unpaired) electrons. The van der Waals surface area contributed by atoms with Crippen LogP contribution in [0.1, 0.15) is 31.2 Å². The molecule has 3 rings (SSSR count). The topological polar surface area (TPSA) is 57.4 Å². The molecule has 1 aliphatic heterocycles. The number of hydrogen-bond donors (Lipinski definition) is 2. The third-order valence-corrected chi connectivity index (χ3v) is 4.63. The van der Waals surface area contributed by atoms with Crippen molar-refractivity contribution < 1.29 is 0 Å². The number of anilines is 1. The van der Waals surface area contributed by atoms with Crippen molar-refractivity contribution in [3.63, 3.8) is 0 Å². The Hall–Kier alpha value is -1.17. The van der Waals surface area contributed by atoms with E-state index in [2.05, 4.69) is 26.3 Å². The van der Waals surface area contributed by atoms with Crippen LogP contribution >= 0.6 is 0 Å². The van der Waals surface area contributed by atoms with E-state index in [9.17, 15) is 0 Å². The summed E-state index contributed by atoms with van der Waals surface area (Å²) < 4.78 is 0. The standard InChI is InChI=1S/C15H25N5/c16-18-15-6-5-13(11-17-15)12-19-7-9-20(10-8-19)14-3-1-2-4-14/h5-6,11,14H,1-4,7-10,12,16H2,(H,17,18). The summed E-state index contributed by atoms with van der Waals surface area (Å²) in [6, 6.07) is 4.91. The number of aromatic nitrogens is 1. The first-order valence-electron chi connectivity index (χ1n) is 7.73. The van der Waals surface area contributed by atoms with Crippen molar-refractivity contribution in [3.05, 3.63) is 23.9 Å². The van der Waals surface area contributed by atoms with Crippen molar-refractivity contribution in [2.24, 2.45) is 5.84 Å². The molecule has 5 nitrogen and oxygen atoms in total. The van der Waals surface area contributed by atoms with Crippen molar-refractivity contribution in [2.75, 3.05) is 31.6 Å².